The number of ketones is 1. The number of nitriles is 1. The molecule has 0 spiro atoms. The Morgan fingerprint density at radius 2 is 2.00 bits per heavy atom. The topological polar surface area (TPSA) is 52.9 Å². The highest BCUT2D eigenvalue weighted by Crippen LogP contribution is 2.30. The lowest BCUT2D eigenvalue weighted by Crippen LogP contribution is -2.23. The fourth-order valence-electron chi connectivity index (χ4n) is 3.14. The Kier molecular flexibility index (Phi) is 4.90. The summed E-state index contributed by atoms with van der Waals surface area (Å²) in [4.78, 5) is 12.7. The molecule has 23 heavy (non-hydrogen) atoms. The molecule has 1 saturated heterocycles. The summed E-state index contributed by atoms with van der Waals surface area (Å²) >= 11 is 3.41. The Morgan fingerprint density at radius 1 is 1.22 bits per heavy atom. The quantitative estimate of drug-likeness (QED) is 0.899. The normalized spacial score (nSPS) is 20.2. The average Bonchev–Trinajstić information content (AvgIpc) is 3.07. The van der Waals surface area contributed by atoms with Crippen LogP contribution in [-0.2, 0) is 11.2 Å². The molecule has 2 aromatic carbocycles. The third kappa shape index (κ3) is 3.69. The van der Waals surface area contributed by atoms with Gasteiger partial charge in [-0.25, -0.2) is 0 Å². The summed E-state index contributed by atoms with van der Waals surface area (Å²) in [7, 11) is 0. The van der Waals surface area contributed by atoms with Crippen molar-refractivity contribution in [3.8, 4) is 6.07 Å². The number of halogens is 1. The van der Waals surface area contributed by atoms with Gasteiger partial charge in [0.1, 0.15) is 5.78 Å². The predicted molar refractivity (Wildman–Crippen MR) is 93.1 cm³/mol. The fourth-order valence-corrected chi connectivity index (χ4v) is 3.40. The van der Waals surface area contributed by atoms with Gasteiger partial charge in [-0.15, -0.1) is 0 Å². The Hall–Kier alpha value is -1.96. The zero-order valence-corrected chi connectivity index (χ0v) is 14.2. The number of nitrogens with one attached hydrogen (secondary N) is 1. The monoisotopic (exact) mass is 368 g/mol. The lowest BCUT2D eigenvalue weighted by atomic mass is 9.84. The molecule has 1 N–H and O–H groups in total. The molecule has 0 unspecified atom stereocenters. The van der Waals surface area contributed by atoms with Gasteiger partial charge in [0.2, 0.25) is 0 Å². The van der Waals surface area contributed by atoms with E-state index in [1.807, 2.05) is 42.5 Å². The van der Waals surface area contributed by atoms with Crippen LogP contribution in [0, 0.1) is 17.2 Å². The number of carbonyl (C=O) groups is 1. The Labute approximate surface area is 144 Å². The van der Waals surface area contributed by atoms with Crippen LogP contribution in [0.25, 0.3) is 0 Å². The van der Waals surface area contributed by atoms with E-state index in [4.69, 9.17) is 5.26 Å². The van der Waals surface area contributed by atoms with Gasteiger partial charge in [-0.3, -0.25) is 4.79 Å². The van der Waals surface area contributed by atoms with E-state index in [0.717, 1.165) is 22.1 Å². The van der Waals surface area contributed by atoms with Crippen molar-refractivity contribution in [2.24, 2.45) is 5.92 Å². The Balaban J connectivity index is 1.76. The smallest absolute Gasteiger partial charge is 0.142 e. The molecule has 3 rings (SSSR count). The van der Waals surface area contributed by atoms with Crippen molar-refractivity contribution in [1.82, 2.24) is 5.32 Å². The summed E-state index contributed by atoms with van der Waals surface area (Å²) in [6.45, 7) is 1.49. The highest BCUT2D eigenvalue weighted by Gasteiger charge is 2.33. The maximum absolute atomic E-state index is 12.7. The SMILES string of the molecule is N#Cc1cccc([C@H]2CNC[C@@H]2C(=O)Cc2ccc(Br)cc2)c1. The minimum Gasteiger partial charge on any atom is -0.315 e. The van der Waals surface area contributed by atoms with E-state index in [2.05, 4.69) is 27.3 Å². The predicted octanol–water partition coefficient (Wildman–Crippen LogP) is 3.44. The van der Waals surface area contributed by atoms with Gasteiger partial charge in [0, 0.05) is 35.8 Å². The molecule has 3 nitrogen and oxygen atoms in total. The van der Waals surface area contributed by atoms with Crippen molar-refractivity contribution in [1.29, 1.82) is 5.26 Å². The van der Waals surface area contributed by atoms with E-state index in [0.29, 0.717) is 18.5 Å². The van der Waals surface area contributed by atoms with Gasteiger partial charge in [0.25, 0.3) is 0 Å². The molecule has 0 aromatic heterocycles. The number of hydrogen-bond acceptors (Lipinski definition) is 3. The van der Waals surface area contributed by atoms with Crippen LogP contribution in [0.4, 0.5) is 0 Å². The first-order valence-electron chi connectivity index (χ1n) is 7.65. The Morgan fingerprint density at radius 3 is 2.74 bits per heavy atom. The largest absolute Gasteiger partial charge is 0.315 e. The molecule has 0 saturated carbocycles. The third-order valence-electron chi connectivity index (χ3n) is 4.36. The minimum atomic E-state index is -0.0346. The zero-order valence-electron chi connectivity index (χ0n) is 12.6. The lowest BCUT2D eigenvalue weighted by molar-refractivity contribution is -0.122. The molecule has 2 aromatic rings. The number of Topliss-reactive ketones (excluding diaryl/α,β-unsaturated/α-hetero) is 1. The number of carbonyl (C=O) groups excluding carboxylic acids is 1. The van der Waals surface area contributed by atoms with Crippen LogP contribution in [0.5, 0.6) is 0 Å². The van der Waals surface area contributed by atoms with Crippen LogP contribution in [-0.4, -0.2) is 18.9 Å². The lowest BCUT2D eigenvalue weighted by Gasteiger charge is -2.18. The van der Waals surface area contributed by atoms with Gasteiger partial charge in [0.15, 0.2) is 0 Å². The van der Waals surface area contributed by atoms with Crippen LogP contribution in [0.2, 0.25) is 0 Å². The summed E-state index contributed by atoms with van der Waals surface area (Å²) in [5, 5.41) is 12.4. The van der Waals surface area contributed by atoms with Crippen LogP contribution >= 0.6 is 15.9 Å². The van der Waals surface area contributed by atoms with E-state index in [-0.39, 0.29) is 17.6 Å². The molecule has 116 valence electrons. The first kappa shape index (κ1) is 15.9. The van der Waals surface area contributed by atoms with Crippen LogP contribution in [0.1, 0.15) is 22.6 Å². The summed E-state index contributed by atoms with van der Waals surface area (Å²) < 4.78 is 1.02. The molecule has 1 heterocycles. The summed E-state index contributed by atoms with van der Waals surface area (Å²) in [5.74, 6) is 0.364. The summed E-state index contributed by atoms with van der Waals surface area (Å²) in [6, 6.07) is 17.7. The molecule has 1 aliphatic heterocycles. The average molecular weight is 369 g/mol. The maximum atomic E-state index is 12.7. The van der Waals surface area contributed by atoms with Gasteiger partial charge < -0.3 is 5.32 Å². The van der Waals surface area contributed by atoms with Crippen LogP contribution in [0.15, 0.2) is 53.0 Å². The van der Waals surface area contributed by atoms with E-state index in [1.54, 1.807) is 6.07 Å². The first-order valence-corrected chi connectivity index (χ1v) is 8.44. The minimum absolute atomic E-state index is 0.0346. The number of benzene rings is 2. The highest BCUT2D eigenvalue weighted by atomic mass is 79.9. The highest BCUT2D eigenvalue weighted by molar-refractivity contribution is 9.10. The molecular formula is C19H17BrN2O. The van der Waals surface area contributed by atoms with E-state index < -0.39 is 0 Å². The van der Waals surface area contributed by atoms with Gasteiger partial charge in [0.05, 0.1) is 11.6 Å². The molecule has 0 aliphatic carbocycles. The van der Waals surface area contributed by atoms with Gasteiger partial charge >= 0.3 is 0 Å². The Bertz CT molecular complexity index is 749. The molecule has 4 heteroatoms. The molecular weight excluding hydrogens is 352 g/mol. The van der Waals surface area contributed by atoms with Crippen LogP contribution < -0.4 is 5.32 Å². The van der Waals surface area contributed by atoms with E-state index in [9.17, 15) is 4.79 Å². The molecule has 0 bridgehead atoms. The second-order valence-electron chi connectivity index (χ2n) is 5.88. The third-order valence-corrected chi connectivity index (χ3v) is 4.89. The van der Waals surface area contributed by atoms with Gasteiger partial charge in [-0.05, 0) is 35.4 Å². The standard InChI is InChI=1S/C19H17BrN2O/c20-16-6-4-13(5-7-16)9-19(23)18-12-22-11-17(18)15-3-1-2-14(8-15)10-21/h1-8,17-18,22H,9,11-12H2/t17-,18+/m1/s1. The van der Waals surface area contributed by atoms with Crippen molar-refractivity contribution in [3.05, 3.63) is 69.7 Å². The number of rotatable bonds is 4. The van der Waals surface area contributed by atoms with Crippen molar-refractivity contribution in [2.75, 3.05) is 13.1 Å². The fraction of sp³-hybridized carbons (Fsp3) is 0.263. The maximum Gasteiger partial charge on any atom is 0.142 e. The second kappa shape index (κ2) is 7.08. The number of hydrogen-bond donors (Lipinski definition) is 1. The van der Waals surface area contributed by atoms with E-state index >= 15 is 0 Å². The van der Waals surface area contributed by atoms with Crippen molar-refractivity contribution in [3.63, 3.8) is 0 Å². The van der Waals surface area contributed by atoms with Crippen molar-refractivity contribution < 1.29 is 4.79 Å². The van der Waals surface area contributed by atoms with Gasteiger partial charge in [-0.1, -0.05) is 40.2 Å². The number of nitrogens with zero attached hydrogens (tertiary/aromatic N) is 1. The summed E-state index contributed by atoms with van der Waals surface area (Å²) in [5.41, 5.74) is 2.76. The van der Waals surface area contributed by atoms with E-state index in [1.165, 1.54) is 0 Å². The molecule has 1 fully saturated rings. The summed E-state index contributed by atoms with van der Waals surface area (Å²) in [6.07, 6.45) is 0.452. The van der Waals surface area contributed by atoms with Gasteiger partial charge in [-0.2, -0.15) is 5.26 Å². The first-order chi connectivity index (χ1) is 11.2. The molecule has 1 aliphatic rings. The molecule has 2 atom stereocenters. The van der Waals surface area contributed by atoms with Crippen molar-refractivity contribution >= 4 is 21.7 Å². The van der Waals surface area contributed by atoms with Crippen molar-refractivity contribution in [2.45, 2.75) is 12.3 Å². The molecule has 0 radical (unpaired) electrons. The molecule has 0 amide bonds. The van der Waals surface area contributed by atoms with Crippen LogP contribution in [0.3, 0.4) is 0 Å². The zero-order chi connectivity index (χ0) is 16.2. The second-order valence-corrected chi connectivity index (χ2v) is 6.79.